The molecule has 0 bridgehead atoms. The number of likely N-dealkylation sites (tertiary alicyclic amines) is 1. The molecular formula is C7H15N3O. The van der Waals surface area contributed by atoms with Crippen LogP contribution in [-0.2, 0) is 4.79 Å². The smallest absolute Gasteiger partial charge is 0.216 e. The van der Waals surface area contributed by atoms with E-state index in [2.05, 4.69) is 10.2 Å². The van der Waals surface area contributed by atoms with E-state index in [1.54, 1.807) is 0 Å². The molecule has 4 nitrogen and oxygen atoms in total. The second-order valence-electron chi connectivity index (χ2n) is 3.00. The monoisotopic (exact) mass is 157 g/mol. The summed E-state index contributed by atoms with van der Waals surface area (Å²) in [6.07, 6.45) is 0. The maximum absolute atomic E-state index is 10.4. The van der Waals surface area contributed by atoms with Gasteiger partial charge in [-0.2, -0.15) is 0 Å². The number of hydrogen-bond acceptors (Lipinski definition) is 3. The highest BCUT2D eigenvalue weighted by Crippen LogP contribution is 2.02. The minimum atomic E-state index is 0.0369. The lowest BCUT2D eigenvalue weighted by molar-refractivity contribution is -0.119. The van der Waals surface area contributed by atoms with E-state index in [0.29, 0.717) is 6.04 Å². The van der Waals surface area contributed by atoms with Crippen molar-refractivity contribution in [3.63, 3.8) is 0 Å². The average molecular weight is 157 g/mol. The minimum Gasteiger partial charge on any atom is -0.355 e. The van der Waals surface area contributed by atoms with Crippen LogP contribution in [0.4, 0.5) is 0 Å². The quantitative estimate of drug-likeness (QED) is 0.539. The van der Waals surface area contributed by atoms with Crippen LogP contribution < -0.4 is 11.1 Å². The number of nitrogens with one attached hydrogen (secondary N) is 1. The number of nitrogens with zero attached hydrogens (tertiary/aromatic N) is 1. The van der Waals surface area contributed by atoms with Gasteiger partial charge in [0.05, 0.1) is 0 Å². The molecule has 1 aliphatic rings. The van der Waals surface area contributed by atoms with Crippen molar-refractivity contribution in [3.05, 3.63) is 0 Å². The first kappa shape index (κ1) is 8.49. The van der Waals surface area contributed by atoms with Crippen molar-refractivity contribution in [2.24, 2.45) is 5.73 Å². The van der Waals surface area contributed by atoms with Crippen molar-refractivity contribution in [2.75, 3.05) is 26.2 Å². The third kappa shape index (κ3) is 2.86. The first-order valence-electron chi connectivity index (χ1n) is 3.91. The topological polar surface area (TPSA) is 58.4 Å². The predicted octanol–water partition coefficient (Wildman–Crippen LogP) is -1.23. The molecule has 3 N–H and O–H groups in total. The largest absolute Gasteiger partial charge is 0.355 e. The highest BCUT2D eigenvalue weighted by atomic mass is 16.1. The Morgan fingerprint density at radius 3 is 2.82 bits per heavy atom. The second-order valence-corrected chi connectivity index (χ2v) is 3.00. The molecule has 0 saturated carbocycles. The summed E-state index contributed by atoms with van der Waals surface area (Å²) in [6.45, 7) is 5.14. The van der Waals surface area contributed by atoms with Gasteiger partial charge in [-0.15, -0.1) is 0 Å². The first-order valence-corrected chi connectivity index (χ1v) is 3.91. The van der Waals surface area contributed by atoms with Crippen LogP contribution in [0.1, 0.15) is 6.92 Å². The molecule has 0 spiro atoms. The standard InChI is InChI=1S/C7H15N3O/c1-6(11)9-2-3-10-4-7(8)5-10/h7H,2-5,8H2,1H3,(H,9,11). The molecule has 64 valence electrons. The Balaban J connectivity index is 1.92. The van der Waals surface area contributed by atoms with Gasteiger partial charge in [-0.1, -0.05) is 0 Å². The van der Waals surface area contributed by atoms with Crippen LogP contribution in [0, 0.1) is 0 Å². The van der Waals surface area contributed by atoms with E-state index >= 15 is 0 Å². The highest BCUT2D eigenvalue weighted by molar-refractivity contribution is 5.72. The zero-order valence-corrected chi connectivity index (χ0v) is 6.84. The van der Waals surface area contributed by atoms with Crippen LogP contribution in [0.15, 0.2) is 0 Å². The van der Waals surface area contributed by atoms with Crippen molar-refractivity contribution in [3.8, 4) is 0 Å². The number of carbonyl (C=O) groups excluding carboxylic acids is 1. The van der Waals surface area contributed by atoms with E-state index in [0.717, 1.165) is 26.2 Å². The van der Waals surface area contributed by atoms with E-state index in [1.165, 1.54) is 6.92 Å². The summed E-state index contributed by atoms with van der Waals surface area (Å²) in [5.41, 5.74) is 5.57. The summed E-state index contributed by atoms with van der Waals surface area (Å²) in [4.78, 5) is 12.7. The zero-order valence-electron chi connectivity index (χ0n) is 6.84. The van der Waals surface area contributed by atoms with E-state index < -0.39 is 0 Å². The van der Waals surface area contributed by atoms with E-state index in [1.807, 2.05) is 0 Å². The minimum absolute atomic E-state index is 0.0369. The lowest BCUT2D eigenvalue weighted by Crippen LogP contribution is -2.57. The molecule has 1 saturated heterocycles. The van der Waals surface area contributed by atoms with Crippen LogP contribution in [0.2, 0.25) is 0 Å². The lowest BCUT2D eigenvalue weighted by Gasteiger charge is -2.36. The fourth-order valence-electron chi connectivity index (χ4n) is 1.18. The van der Waals surface area contributed by atoms with Crippen LogP contribution in [0.3, 0.4) is 0 Å². The number of nitrogens with two attached hydrogens (primary N) is 1. The fourth-order valence-corrected chi connectivity index (χ4v) is 1.18. The van der Waals surface area contributed by atoms with Gasteiger partial charge in [-0.05, 0) is 0 Å². The molecule has 0 radical (unpaired) electrons. The fraction of sp³-hybridized carbons (Fsp3) is 0.857. The first-order chi connectivity index (χ1) is 5.18. The maximum atomic E-state index is 10.4. The Kier molecular flexibility index (Phi) is 2.84. The van der Waals surface area contributed by atoms with Gasteiger partial charge in [0.25, 0.3) is 0 Å². The maximum Gasteiger partial charge on any atom is 0.216 e. The van der Waals surface area contributed by atoms with Crippen LogP contribution >= 0.6 is 0 Å². The van der Waals surface area contributed by atoms with E-state index in [4.69, 9.17) is 5.73 Å². The second kappa shape index (κ2) is 3.69. The van der Waals surface area contributed by atoms with E-state index in [-0.39, 0.29) is 5.91 Å². The predicted molar refractivity (Wildman–Crippen MR) is 43.1 cm³/mol. The normalized spacial score (nSPS) is 19.5. The molecule has 0 aromatic rings. The van der Waals surface area contributed by atoms with Gasteiger partial charge in [-0.3, -0.25) is 9.69 Å². The molecule has 1 rings (SSSR count). The molecule has 0 aromatic carbocycles. The molecule has 0 aliphatic carbocycles. The summed E-state index contributed by atoms with van der Waals surface area (Å²) in [6, 6.07) is 0.354. The molecule has 0 unspecified atom stereocenters. The summed E-state index contributed by atoms with van der Waals surface area (Å²) in [7, 11) is 0. The van der Waals surface area contributed by atoms with Gasteiger partial charge in [0.2, 0.25) is 5.91 Å². The van der Waals surface area contributed by atoms with Gasteiger partial charge in [0.15, 0.2) is 0 Å². The number of rotatable bonds is 3. The van der Waals surface area contributed by atoms with Crippen molar-refractivity contribution in [1.82, 2.24) is 10.2 Å². The molecule has 1 heterocycles. The summed E-state index contributed by atoms with van der Waals surface area (Å²) < 4.78 is 0. The Morgan fingerprint density at radius 1 is 1.73 bits per heavy atom. The third-order valence-electron chi connectivity index (χ3n) is 1.79. The van der Waals surface area contributed by atoms with Gasteiger partial charge in [0.1, 0.15) is 0 Å². The van der Waals surface area contributed by atoms with Gasteiger partial charge in [0, 0.05) is 39.1 Å². The van der Waals surface area contributed by atoms with Crippen LogP contribution in [0.25, 0.3) is 0 Å². The number of amides is 1. The van der Waals surface area contributed by atoms with Crippen LogP contribution in [-0.4, -0.2) is 43.0 Å². The van der Waals surface area contributed by atoms with E-state index in [9.17, 15) is 4.79 Å². The summed E-state index contributed by atoms with van der Waals surface area (Å²) in [5, 5.41) is 2.74. The average Bonchev–Trinajstić information content (AvgIpc) is 1.83. The molecule has 1 aliphatic heterocycles. The Morgan fingerprint density at radius 2 is 2.36 bits per heavy atom. The molecule has 11 heavy (non-hydrogen) atoms. The molecule has 0 aromatic heterocycles. The number of hydrogen-bond donors (Lipinski definition) is 2. The Bertz CT molecular complexity index is 143. The third-order valence-corrected chi connectivity index (χ3v) is 1.79. The Hall–Kier alpha value is -0.610. The lowest BCUT2D eigenvalue weighted by atomic mass is 10.1. The molecule has 1 fully saturated rings. The van der Waals surface area contributed by atoms with Crippen LogP contribution in [0.5, 0.6) is 0 Å². The Labute approximate surface area is 66.7 Å². The highest BCUT2D eigenvalue weighted by Gasteiger charge is 2.21. The SMILES string of the molecule is CC(=O)NCCN1CC(N)C1. The molecule has 1 amide bonds. The van der Waals surface area contributed by atoms with Crippen molar-refractivity contribution >= 4 is 5.91 Å². The zero-order chi connectivity index (χ0) is 8.27. The summed E-state index contributed by atoms with van der Waals surface area (Å²) in [5.74, 6) is 0.0369. The van der Waals surface area contributed by atoms with Gasteiger partial charge >= 0.3 is 0 Å². The van der Waals surface area contributed by atoms with Crippen molar-refractivity contribution in [2.45, 2.75) is 13.0 Å². The van der Waals surface area contributed by atoms with Gasteiger partial charge < -0.3 is 11.1 Å². The molecule has 0 atom stereocenters. The molecule has 4 heteroatoms. The van der Waals surface area contributed by atoms with Gasteiger partial charge in [-0.25, -0.2) is 0 Å². The van der Waals surface area contributed by atoms with Crippen molar-refractivity contribution < 1.29 is 4.79 Å². The molecular weight excluding hydrogens is 142 g/mol. The summed E-state index contributed by atoms with van der Waals surface area (Å²) >= 11 is 0. The number of carbonyl (C=O) groups is 1. The van der Waals surface area contributed by atoms with Crippen molar-refractivity contribution in [1.29, 1.82) is 0 Å².